The SMILES string of the molecule is CC(C)(C)/C=C(\C#N)C(=O)N1CCN(C(=O)O)C[C@@H]1CO. The van der Waals surface area contributed by atoms with Crippen LogP contribution in [-0.4, -0.2) is 64.3 Å². The molecule has 0 aromatic heterocycles. The maximum Gasteiger partial charge on any atom is 0.407 e. The van der Waals surface area contributed by atoms with Gasteiger partial charge in [-0.15, -0.1) is 0 Å². The highest BCUT2D eigenvalue weighted by molar-refractivity contribution is 5.97. The van der Waals surface area contributed by atoms with Crippen LogP contribution < -0.4 is 0 Å². The lowest BCUT2D eigenvalue weighted by Crippen LogP contribution is -2.57. The minimum absolute atomic E-state index is 0.0183. The molecule has 0 radical (unpaired) electrons. The molecule has 1 aliphatic rings. The van der Waals surface area contributed by atoms with Gasteiger partial charge in [0.1, 0.15) is 11.6 Å². The van der Waals surface area contributed by atoms with Gasteiger partial charge in [-0.2, -0.15) is 5.26 Å². The van der Waals surface area contributed by atoms with Crippen LogP contribution in [0.1, 0.15) is 20.8 Å². The molecule has 116 valence electrons. The molecule has 0 spiro atoms. The minimum atomic E-state index is -1.08. The Balaban J connectivity index is 2.94. The first kappa shape index (κ1) is 17.0. The van der Waals surface area contributed by atoms with E-state index in [0.29, 0.717) is 0 Å². The summed E-state index contributed by atoms with van der Waals surface area (Å²) in [5.74, 6) is -0.462. The largest absolute Gasteiger partial charge is 0.465 e. The topological polar surface area (TPSA) is 105 Å². The Morgan fingerprint density at radius 3 is 2.43 bits per heavy atom. The number of carbonyl (C=O) groups excluding carboxylic acids is 1. The van der Waals surface area contributed by atoms with Crippen LogP contribution in [0, 0.1) is 16.7 Å². The van der Waals surface area contributed by atoms with E-state index in [9.17, 15) is 14.7 Å². The fraction of sp³-hybridized carbons (Fsp3) is 0.643. The number of aliphatic hydroxyl groups is 1. The van der Waals surface area contributed by atoms with Gasteiger partial charge >= 0.3 is 6.09 Å². The monoisotopic (exact) mass is 295 g/mol. The third-order valence-corrected chi connectivity index (χ3v) is 3.15. The van der Waals surface area contributed by atoms with Crippen molar-refractivity contribution in [2.75, 3.05) is 26.2 Å². The standard InChI is InChI=1S/C14H21N3O4/c1-14(2,3)6-10(7-15)12(19)17-5-4-16(13(20)21)8-11(17)9-18/h6,11,18H,4-5,8-9H2,1-3H3,(H,20,21)/b10-6+/t11-/m1/s1. The molecule has 0 aromatic carbocycles. The number of hydrogen-bond donors (Lipinski definition) is 2. The Morgan fingerprint density at radius 2 is 2.00 bits per heavy atom. The number of amides is 2. The van der Waals surface area contributed by atoms with Crippen LogP contribution in [0.2, 0.25) is 0 Å². The van der Waals surface area contributed by atoms with Gasteiger partial charge in [0.2, 0.25) is 0 Å². The van der Waals surface area contributed by atoms with Gasteiger partial charge in [0.15, 0.2) is 0 Å². The third kappa shape index (κ3) is 4.46. The van der Waals surface area contributed by atoms with E-state index in [1.165, 1.54) is 4.90 Å². The predicted molar refractivity (Wildman–Crippen MR) is 75.3 cm³/mol. The summed E-state index contributed by atoms with van der Waals surface area (Å²) < 4.78 is 0. The Bertz CT molecular complexity index is 487. The summed E-state index contributed by atoms with van der Waals surface area (Å²) in [5.41, 5.74) is -0.303. The molecule has 1 aliphatic heterocycles. The zero-order valence-electron chi connectivity index (χ0n) is 12.5. The lowest BCUT2D eigenvalue weighted by Gasteiger charge is -2.39. The van der Waals surface area contributed by atoms with Crippen molar-refractivity contribution in [2.45, 2.75) is 26.8 Å². The van der Waals surface area contributed by atoms with Crippen LogP contribution in [0.25, 0.3) is 0 Å². The average Bonchev–Trinajstić information content (AvgIpc) is 2.42. The first-order chi connectivity index (χ1) is 9.69. The van der Waals surface area contributed by atoms with Gasteiger partial charge in [0.05, 0.1) is 12.6 Å². The maximum absolute atomic E-state index is 12.4. The second-order valence-electron chi connectivity index (χ2n) is 6.10. The van der Waals surface area contributed by atoms with E-state index in [4.69, 9.17) is 10.4 Å². The number of allylic oxidation sites excluding steroid dienone is 1. The molecule has 0 saturated carbocycles. The third-order valence-electron chi connectivity index (χ3n) is 3.15. The van der Waals surface area contributed by atoms with Crippen molar-refractivity contribution in [3.63, 3.8) is 0 Å². The minimum Gasteiger partial charge on any atom is -0.465 e. The Morgan fingerprint density at radius 1 is 1.38 bits per heavy atom. The molecule has 1 heterocycles. The highest BCUT2D eigenvalue weighted by Gasteiger charge is 2.33. The van der Waals surface area contributed by atoms with Crippen LogP contribution >= 0.6 is 0 Å². The second-order valence-corrected chi connectivity index (χ2v) is 6.10. The van der Waals surface area contributed by atoms with Gasteiger partial charge in [0, 0.05) is 19.6 Å². The van der Waals surface area contributed by atoms with Gasteiger partial charge in [-0.3, -0.25) is 4.79 Å². The van der Waals surface area contributed by atoms with Crippen molar-refractivity contribution < 1.29 is 19.8 Å². The highest BCUT2D eigenvalue weighted by Crippen LogP contribution is 2.20. The number of nitrogens with zero attached hydrogens (tertiary/aromatic N) is 3. The number of rotatable bonds is 2. The number of nitriles is 1. The van der Waals surface area contributed by atoms with Crippen molar-refractivity contribution in [3.05, 3.63) is 11.6 Å². The lowest BCUT2D eigenvalue weighted by molar-refractivity contribution is -0.132. The molecule has 2 N–H and O–H groups in total. The van der Waals surface area contributed by atoms with E-state index in [1.54, 1.807) is 6.08 Å². The van der Waals surface area contributed by atoms with Crippen molar-refractivity contribution in [1.82, 2.24) is 9.80 Å². The smallest absolute Gasteiger partial charge is 0.407 e. The Kier molecular flexibility index (Phi) is 5.33. The van der Waals surface area contributed by atoms with Gasteiger partial charge in [-0.05, 0) is 5.41 Å². The number of carboxylic acid groups (broad SMARTS) is 1. The van der Waals surface area contributed by atoms with Crippen molar-refractivity contribution in [1.29, 1.82) is 5.26 Å². The Hall–Kier alpha value is -2.07. The summed E-state index contributed by atoms with van der Waals surface area (Å²) in [4.78, 5) is 25.9. The second kappa shape index (κ2) is 6.59. The van der Waals surface area contributed by atoms with Gasteiger partial charge in [-0.1, -0.05) is 26.8 Å². The quantitative estimate of drug-likeness (QED) is 0.575. The summed E-state index contributed by atoms with van der Waals surface area (Å²) >= 11 is 0. The summed E-state index contributed by atoms with van der Waals surface area (Å²) in [7, 11) is 0. The number of hydrogen-bond acceptors (Lipinski definition) is 4. The first-order valence-corrected chi connectivity index (χ1v) is 6.72. The molecule has 1 fully saturated rings. The molecule has 0 aliphatic carbocycles. The van der Waals surface area contributed by atoms with Crippen molar-refractivity contribution in [3.8, 4) is 6.07 Å². The summed E-state index contributed by atoms with van der Waals surface area (Å²) in [6, 6.07) is 1.27. The Labute approximate surface area is 124 Å². The van der Waals surface area contributed by atoms with Crippen molar-refractivity contribution in [2.24, 2.45) is 5.41 Å². The van der Waals surface area contributed by atoms with Gasteiger partial charge in [0.25, 0.3) is 5.91 Å². The van der Waals surface area contributed by atoms with E-state index in [1.807, 2.05) is 26.8 Å². The number of aliphatic hydroxyl groups excluding tert-OH is 1. The normalized spacial score (nSPS) is 20.1. The molecule has 0 bridgehead atoms. The zero-order chi connectivity index (χ0) is 16.2. The number of carbonyl (C=O) groups is 2. The van der Waals surface area contributed by atoms with Crippen molar-refractivity contribution >= 4 is 12.0 Å². The van der Waals surface area contributed by atoms with E-state index in [0.717, 1.165) is 4.90 Å². The average molecular weight is 295 g/mol. The predicted octanol–water partition coefficient (Wildman–Crippen LogP) is 0.666. The molecule has 7 nitrogen and oxygen atoms in total. The summed E-state index contributed by atoms with van der Waals surface area (Å²) in [6.07, 6.45) is 0.513. The van der Waals surface area contributed by atoms with Crippen LogP contribution in [-0.2, 0) is 4.79 Å². The fourth-order valence-corrected chi connectivity index (χ4v) is 2.18. The van der Waals surface area contributed by atoms with E-state index >= 15 is 0 Å². The van der Waals surface area contributed by atoms with Crippen LogP contribution in [0.3, 0.4) is 0 Å². The first-order valence-electron chi connectivity index (χ1n) is 6.72. The maximum atomic E-state index is 12.4. The molecule has 2 amide bonds. The van der Waals surface area contributed by atoms with Crippen LogP contribution in [0.5, 0.6) is 0 Å². The van der Waals surface area contributed by atoms with E-state index < -0.39 is 18.0 Å². The highest BCUT2D eigenvalue weighted by atomic mass is 16.4. The number of piperazine rings is 1. The lowest BCUT2D eigenvalue weighted by atomic mass is 9.93. The molecule has 0 unspecified atom stereocenters. The summed E-state index contributed by atoms with van der Waals surface area (Å²) in [6.45, 7) is 5.68. The van der Waals surface area contributed by atoms with E-state index in [-0.39, 0.29) is 37.2 Å². The molecule has 21 heavy (non-hydrogen) atoms. The summed E-state index contributed by atoms with van der Waals surface area (Å²) in [5, 5.41) is 27.5. The molecule has 1 saturated heterocycles. The van der Waals surface area contributed by atoms with Crippen LogP contribution in [0.15, 0.2) is 11.6 Å². The zero-order valence-corrected chi connectivity index (χ0v) is 12.5. The molecule has 1 atom stereocenters. The molecule has 1 rings (SSSR count). The van der Waals surface area contributed by atoms with Crippen LogP contribution in [0.4, 0.5) is 4.79 Å². The fourth-order valence-electron chi connectivity index (χ4n) is 2.18. The molecular formula is C14H21N3O4. The molecule has 0 aromatic rings. The van der Waals surface area contributed by atoms with Gasteiger partial charge in [-0.25, -0.2) is 4.79 Å². The van der Waals surface area contributed by atoms with Gasteiger partial charge < -0.3 is 20.0 Å². The molecule has 7 heteroatoms. The van der Waals surface area contributed by atoms with E-state index in [2.05, 4.69) is 0 Å². The molecular weight excluding hydrogens is 274 g/mol.